The molecule has 0 aliphatic heterocycles. The third-order valence-electron chi connectivity index (χ3n) is 2.90. The molecule has 0 unspecified atom stereocenters. The molecule has 0 bridgehead atoms. The van der Waals surface area contributed by atoms with Crippen LogP contribution < -0.4 is 5.32 Å². The number of benzene rings is 1. The second kappa shape index (κ2) is 8.68. The van der Waals surface area contributed by atoms with Gasteiger partial charge in [0.05, 0.1) is 34.4 Å². The summed E-state index contributed by atoms with van der Waals surface area (Å²) in [5.41, 5.74) is 0.310. The summed E-state index contributed by atoms with van der Waals surface area (Å²) in [6, 6.07) is 2.63. The molecule has 0 amide bonds. The van der Waals surface area contributed by atoms with Crippen LogP contribution in [-0.4, -0.2) is 45.3 Å². The number of hydrogen-bond donors (Lipinski definition) is 2. The van der Waals surface area contributed by atoms with E-state index in [1.54, 1.807) is 6.92 Å². The molecule has 1 aromatic rings. The lowest BCUT2D eigenvalue weighted by atomic mass is 10.1. The van der Waals surface area contributed by atoms with E-state index in [0.29, 0.717) is 0 Å². The number of ether oxygens (including phenoxy) is 1. The van der Waals surface area contributed by atoms with Crippen LogP contribution in [0, 0.1) is 0 Å². The quantitative estimate of drug-likeness (QED) is 0.525. The van der Waals surface area contributed by atoms with Crippen LogP contribution in [-0.2, 0) is 25.9 Å². The van der Waals surface area contributed by atoms with E-state index in [1.165, 1.54) is 12.1 Å². The number of sulfone groups is 1. The molecule has 6 nitrogen and oxygen atoms in total. The van der Waals surface area contributed by atoms with Crippen molar-refractivity contribution in [2.45, 2.75) is 18.4 Å². The van der Waals surface area contributed by atoms with Crippen molar-refractivity contribution >= 4 is 45.8 Å². The van der Waals surface area contributed by atoms with Crippen LogP contribution in [0.3, 0.4) is 0 Å². The molecule has 0 aliphatic rings. The first-order chi connectivity index (χ1) is 10.7. The third kappa shape index (κ3) is 5.49. The lowest BCUT2D eigenvalue weighted by Crippen LogP contribution is -2.24. The molecule has 128 valence electrons. The van der Waals surface area contributed by atoms with Crippen molar-refractivity contribution in [1.82, 2.24) is 5.32 Å². The van der Waals surface area contributed by atoms with Crippen LogP contribution in [0.1, 0.15) is 22.8 Å². The van der Waals surface area contributed by atoms with Gasteiger partial charge in [-0.25, -0.2) is 13.2 Å². The predicted octanol–water partition coefficient (Wildman–Crippen LogP) is 1.51. The first-order valence-electron chi connectivity index (χ1n) is 6.74. The number of rotatable bonds is 8. The number of Topliss-reactive ketones (excluding diaryl/α,β-unsaturated/α-hetero) is 1. The molecule has 0 saturated heterocycles. The van der Waals surface area contributed by atoms with Crippen LogP contribution in [0.25, 0.3) is 0 Å². The van der Waals surface area contributed by atoms with Gasteiger partial charge in [0.1, 0.15) is 0 Å². The molecular formula is C14H18ClNO5S2. The Morgan fingerprint density at radius 2 is 2.00 bits per heavy atom. The second-order valence-corrected chi connectivity index (χ2v) is 7.38. The number of ketones is 1. The maximum atomic E-state index is 11.9. The Morgan fingerprint density at radius 1 is 1.35 bits per heavy atom. The third-order valence-corrected chi connectivity index (χ3v) is 4.86. The number of carbonyl (C=O) groups excluding carboxylic acids is 2. The molecule has 0 spiro atoms. The van der Waals surface area contributed by atoms with E-state index in [4.69, 9.17) is 16.3 Å². The summed E-state index contributed by atoms with van der Waals surface area (Å²) in [4.78, 5) is 23.1. The normalized spacial score (nSPS) is 11.3. The lowest BCUT2D eigenvalue weighted by Gasteiger charge is -2.14. The average Bonchev–Trinajstić information content (AvgIpc) is 2.47. The van der Waals surface area contributed by atoms with Gasteiger partial charge in [0.25, 0.3) is 0 Å². The van der Waals surface area contributed by atoms with Crippen molar-refractivity contribution in [1.29, 1.82) is 0 Å². The first-order valence-corrected chi connectivity index (χ1v) is 9.64. The van der Waals surface area contributed by atoms with Gasteiger partial charge < -0.3 is 10.1 Å². The van der Waals surface area contributed by atoms with Crippen molar-refractivity contribution in [3.05, 3.63) is 28.3 Å². The summed E-state index contributed by atoms with van der Waals surface area (Å²) in [7, 11) is -3.54. The van der Waals surface area contributed by atoms with Gasteiger partial charge in [0.2, 0.25) is 0 Å². The number of thiol groups is 1. The molecule has 0 atom stereocenters. The second-order valence-electron chi connectivity index (χ2n) is 4.70. The molecule has 0 saturated carbocycles. The van der Waals surface area contributed by atoms with Crippen LogP contribution in [0.2, 0.25) is 5.02 Å². The zero-order chi connectivity index (χ0) is 17.6. The summed E-state index contributed by atoms with van der Waals surface area (Å²) < 4.78 is 28.7. The standard InChI is InChI=1S/C14H18ClNO5S2/c1-3-21-14(18)10-4-5-12(23(2,19)20)11(13(10)15)7-16-6-9(17)8-22/h4-5,16,22H,3,6-8H2,1-2H3. The molecule has 0 fully saturated rings. The largest absolute Gasteiger partial charge is 0.462 e. The fourth-order valence-electron chi connectivity index (χ4n) is 1.86. The van der Waals surface area contributed by atoms with E-state index in [2.05, 4.69) is 17.9 Å². The highest BCUT2D eigenvalue weighted by molar-refractivity contribution is 7.90. The van der Waals surface area contributed by atoms with Crippen molar-refractivity contribution < 1.29 is 22.7 Å². The van der Waals surface area contributed by atoms with Gasteiger partial charge in [-0.05, 0) is 19.1 Å². The molecule has 1 N–H and O–H groups in total. The van der Waals surface area contributed by atoms with E-state index in [0.717, 1.165) is 6.26 Å². The van der Waals surface area contributed by atoms with Gasteiger partial charge in [-0.2, -0.15) is 12.6 Å². The van der Waals surface area contributed by atoms with Gasteiger partial charge in [-0.15, -0.1) is 0 Å². The van der Waals surface area contributed by atoms with Gasteiger partial charge in [-0.3, -0.25) is 4.79 Å². The molecule has 0 aliphatic carbocycles. The minimum atomic E-state index is -3.54. The number of halogens is 1. The highest BCUT2D eigenvalue weighted by Gasteiger charge is 2.22. The summed E-state index contributed by atoms with van der Waals surface area (Å²) in [5, 5.41) is 2.80. The van der Waals surface area contributed by atoms with E-state index < -0.39 is 15.8 Å². The lowest BCUT2D eigenvalue weighted by molar-refractivity contribution is -0.115. The van der Waals surface area contributed by atoms with E-state index in [-0.39, 0.29) is 52.3 Å². The summed E-state index contributed by atoms with van der Waals surface area (Å²) >= 11 is 10.1. The molecule has 0 radical (unpaired) electrons. The average molecular weight is 380 g/mol. The van der Waals surface area contributed by atoms with Gasteiger partial charge in [0, 0.05) is 18.4 Å². The van der Waals surface area contributed by atoms with Crippen LogP contribution in [0.15, 0.2) is 17.0 Å². The summed E-state index contributed by atoms with van der Waals surface area (Å²) in [6.45, 7) is 1.87. The fourth-order valence-corrected chi connectivity index (χ4v) is 3.28. The summed E-state index contributed by atoms with van der Waals surface area (Å²) in [6.07, 6.45) is 1.05. The van der Waals surface area contributed by atoms with Crippen LogP contribution in [0.5, 0.6) is 0 Å². The Balaban J connectivity index is 3.22. The minimum absolute atomic E-state index is 0.00127. The smallest absolute Gasteiger partial charge is 0.339 e. The van der Waals surface area contributed by atoms with E-state index in [9.17, 15) is 18.0 Å². The van der Waals surface area contributed by atoms with E-state index >= 15 is 0 Å². The molecule has 23 heavy (non-hydrogen) atoms. The molecule has 1 aromatic carbocycles. The van der Waals surface area contributed by atoms with Crippen molar-refractivity contribution in [3.63, 3.8) is 0 Å². The van der Waals surface area contributed by atoms with Gasteiger partial charge in [0.15, 0.2) is 15.6 Å². The van der Waals surface area contributed by atoms with Crippen LogP contribution in [0.4, 0.5) is 0 Å². The predicted molar refractivity (Wildman–Crippen MR) is 91.1 cm³/mol. The van der Waals surface area contributed by atoms with Crippen molar-refractivity contribution in [2.75, 3.05) is 25.2 Å². The zero-order valence-corrected chi connectivity index (χ0v) is 15.2. The van der Waals surface area contributed by atoms with E-state index in [1.807, 2.05) is 0 Å². The highest BCUT2D eigenvalue weighted by Crippen LogP contribution is 2.28. The number of carbonyl (C=O) groups is 2. The molecule has 0 aromatic heterocycles. The number of esters is 1. The summed E-state index contributed by atoms with van der Waals surface area (Å²) in [5.74, 6) is -0.708. The van der Waals surface area contributed by atoms with Crippen molar-refractivity contribution in [3.8, 4) is 0 Å². The highest BCUT2D eigenvalue weighted by atomic mass is 35.5. The zero-order valence-electron chi connectivity index (χ0n) is 12.8. The Labute approximate surface area is 145 Å². The monoisotopic (exact) mass is 379 g/mol. The minimum Gasteiger partial charge on any atom is -0.462 e. The van der Waals surface area contributed by atoms with Crippen LogP contribution >= 0.6 is 24.2 Å². The Morgan fingerprint density at radius 3 is 2.52 bits per heavy atom. The SMILES string of the molecule is CCOC(=O)c1ccc(S(C)(=O)=O)c(CNCC(=O)CS)c1Cl. The number of nitrogens with one attached hydrogen (secondary N) is 1. The maximum absolute atomic E-state index is 11.9. The molecule has 0 heterocycles. The number of hydrogen-bond acceptors (Lipinski definition) is 7. The fraction of sp³-hybridized carbons (Fsp3) is 0.429. The van der Waals surface area contributed by atoms with Gasteiger partial charge >= 0.3 is 5.97 Å². The van der Waals surface area contributed by atoms with Crippen molar-refractivity contribution in [2.24, 2.45) is 0 Å². The first kappa shape index (κ1) is 20.0. The maximum Gasteiger partial charge on any atom is 0.339 e. The molecule has 9 heteroatoms. The Kier molecular flexibility index (Phi) is 7.53. The Bertz CT molecular complexity index is 703. The molecule has 1 rings (SSSR count). The van der Waals surface area contributed by atoms with Gasteiger partial charge in [-0.1, -0.05) is 11.6 Å². The topological polar surface area (TPSA) is 89.5 Å². The Hall–Kier alpha value is -1.09. The molecular weight excluding hydrogens is 362 g/mol.